The number of benzene rings is 1. The van der Waals surface area contributed by atoms with E-state index in [1.54, 1.807) is 7.11 Å². The first-order chi connectivity index (χ1) is 13.6. The van der Waals surface area contributed by atoms with Crippen LogP contribution < -0.4 is 10.1 Å². The van der Waals surface area contributed by atoms with Crippen molar-refractivity contribution in [2.45, 2.75) is 44.6 Å². The average Bonchev–Trinajstić information content (AvgIpc) is 2.73. The van der Waals surface area contributed by atoms with Crippen molar-refractivity contribution < 1.29 is 4.74 Å². The van der Waals surface area contributed by atoms with Gasteiger partial charge in [0.05, 0.1) is 12.6 Å². The van der Waals surface area contributed by atoms with Crippen LogP contribution in [-0.4, -0.2) is 72.2 Å². The van der Waals surface area contributed by atoms with Gasteiger partial charge in [0.2, 0.25) is 0 Å². The number of nitrogens with one attached hydrogen (secondary N) is 1. The minimum absolute atomic E-state index is 0.219. The molecule has 0 spiro atoms. The van der Waals surface area contributed by atoms with Gasteiger partial charge in [-0.05, 0) is 84.0 Å². The number of rotatable bonds is 5. The second-order valence-corrected chi connectivity index (χ2v) is 8.43. The van der Waals surface area contributed by atoms with Gasteiger partial charge in [-0.3, -0.25) is 4.90 Å². The van der Waals surface area contributed by atoms with Gasteiger partial charge in [0.15, 0.2) is 0 Å². The van der Waals surface area contributed by atoms with E-state index in [1.807, 2.05) is 25.1 Å². The van der Waals surface area contributed by atoms with Crippen LogP contribution >= 0.6 is 0 Å². The lowest BCUT2D eigenvalue weighted by Gasteiger charge is -2.50. The first-order valence-corrected chi connectivity index (χ1v) is 10.6. The summed E-state index contributed by atoms with van der Waals surface area (Å²) in [5.41, 5.74) is 1.18. The van der Waals surface area contributed by atoms with E-state index in [9.17, 15) is 0 Å². The summed E-state index contributed by atoms with van der Waals surface area (Å²) < 4.78 is 5.43. The number of fused-ring (bicyclic) bond motifs is 1. The molecule has 1 aromatic heterocycles. The molecule has 0 saturated carbocycles. The molecular formula is C22H33N5O. The molecule has 2 aliphatic rings. The first-order valence-electron chi connectivity index (χ1n) is 10.6. The quantitative estimate of drug-likeness (QED) is 0.855. The van der Waals surface area contributed by atoms with E-state index in [4.69, 9.17) is 9.72 Å². The maximum atomic E-state index is 5.43. The van der Waals surface area contributed by atoms with Crippen molar-refractivity contribution in [2.24, 2.45) is 0 Å². The van der Waals surface area contributed by atoms with Gasteiger partial charge in [0.25, 0.3) is 0 Å². The van der Waals surface area contributed by atoms with Crippen LogP contribution in [0.5, 0.6) is 5.75 Å². The zero-order chi connectivity index (χ0) is 19.6. The Balaban J connectivity index is 1.61. The monoisotopic (exact) mass is 383 g/mol. The average molecular weight is 384 g/mol. The van der Waals surface area contributed by atoms with Crippen LogP contribution in [0, 0.1) is 6.92 Å². The molecule has 2 aliphatic heterocycles. The second-order valence-electron chi connectivity index (χ2n) is 8.43. The summed E-state index contributed by atoms with van der Waals surface area (Å²) in [7, 11) is 3.94. The molecule has 6 nitrogen and oxygen atoms in total. The summed E-state index contributed by atoms with van der Waals surface area (Å²) in [6.45, 7) is 7.67. The van der Waals surface area contributed by atoms with Gasteiger partial charge in [0.1, 0.15) is 17.4 Å². The SMILES string of the molecule is COc1ccc2nc(C)nc(NCC3(N4CCCCC4)CCN(C)CC3)c2c1. The van der Waals surface area contributed by atoms with Crippen LogP contribution in [0.4, 0.5) is 5.82 Å². The standard InChI is InChI=1S/C22H33N5O/c1-17-24-20-8-7-18(28-3)15-19(20)21(25-17)23-16-22(9-13-26(2)14-10-22)27-11-5-4-6-12-27/h7-8,15H,4-6,9-14,16H2,1-3H3,(H,23,24,25). The number of piperidine rings is 2. The number of anilines is 1. The first kappa shape index (κ1) is 19.4. The summed E-state index contributed by atoms with van der Waals surface area (Å²) in [4.78, 5) is 14.6. The lowest BCUT2D eigenvalue weighted by Crippen LogP contribution is -2.59. The maximum Gasteiger partial charge on any atom is 0.137 e. The topological polar surface area (TPSA) is 53.5 Å². The predicted octanol–water partition coefficient (Wildman–Crippen LogP) is 3.31. The van der Waals surface area contributed by atoms with Crippen molar-refractivity contribution in [2.75, 3.05) is 52.2 Å². The molecule has 0 atom stereocenters. The highest BCUT2D eigenvalue weighted by Crippen LogP contribution is 2.33. The van der Waals surface area contributed by atoms with E-state index in [2.05, 4.69) is 27.1 Å². The van der Waals surface area contributed by atoms with Crippen molar-refractivity contribution in [1.82, 2.24) is 19.8 Å². The minimum atomic E-state index is 0.219. The highest BCUT2D eigenvalue weighted by molar-refractivity contribution is 5.90. The van der Waals surface area contributed by atoms with Crippen LogP contribution in [0.15, 0.2) is 18.2 Å². The van der Waals surface area contributed by atoms with Crippen molar-refractivity contribution in [3.63, 3.8) is 0 Å². The lowest BCUT2D eigenvalue weighted by molar-refractivity contribution is 0.0234. The van der Waals surface area contributed by atoms with Gasteiger partial charge in [0, 0.05) is 17.5 Å². The van der Waals surface area contributed by atoms with Crippen LogP contribution in [-0.2, 0) is 0 Å². The zero-order valence-electron chi connectivity index (χ0n) is 17.5. The molecule has 0 bridgehead atoms. The Hall–Kier alpha value is -1.92. The van der Waals surface area contributed by atoms with E-state index in [1.165, 1.54) is 45.2 Å². The Kier molecular flexibility index (Phi) is 5.69. The van der Waals surface area contributed by atoms with Gasteiger partial charge < -0.3 is 15.0 Å². The molecule has 152 valence electrons. The smallest absolute Gasteiger partial charge is 0.137 e. The Morgan fingerprint density at radius 2 is 1.82 bits per heavy atom. The second kappa shape index (κ2) is 8.21. The summed E-state index contributed by atoms with van der Waals surface area (Å²) >= 11 is 0. The Bertz CT molecular complexity index is 810. The number of aryl methyl sites for hydroxylation is 1. The maximum absolute atomic E-state index is 5.43. The van der Waals surface area contributed by atoms with Crippen LogP contribution in [0.1, 0.15) is 37.9 Å². The number of aromatic nitrogens is 2. The van der Waals surface area contributed by atoms with Crippen molar-refractivity contribution in [1.29, 1.82) is 0 Å². The summed E-state index contributed by atoms with van der Waals surface area (Å²) in [5.74, 6) is 2.57. The van der Waals surface area contributed by atoms with E-state index in [0.717, 1.165) is 47.9 Å². The lowest BCUT2D eigenvalue weighted by atomic mass is 9.84. The van der Waals surface area contributed by atoms with Crippen LogP contribution in [0.25, 0.3) is 10.9 Å². The fourth-order valence-electron chi connectivity index (χ4n) is 4.74. The van der Waals surface area contributed by atoms with Gasteiger partial charge in [-0.1, -0.05) is 6.42 Å². The number of methoxy groups -OCH3 is 1. The fraction of sp³-hybridized carbons (Fsp3) is 0.636. The predicted molar refractivity (Wildman–Crippen MR) is 114 cm³/mol. The molecule has 4 rings (SSSR count). The fourth-order valence-corrected chi connectivity index (χ4v) is 4.74. The summed E-state index contributed by atoms with van der Waals surface area (Å²) in [6, 6.07) is 6.02. The highest BCUT2D eigenvalue weighted by Gasteiger charge is 2.39. The molecule has 0 radical (unpaired) electrons. The molecule has 0 unspecified atom stereocenters. The largest absolute Gasteiger partial charge is 0.497 e. The zero-order valence-corrected chi connectivity index (χ0v) is 17.5. The Morgan fingerprint density at radius 3 is 2.54 bits per heavy atom. The highest BCUT2D eigenvalue weighted by atomic mass is 16.5. The third kappa shape index (κ3) is 3.94. The van der Waals surface area contributed by atoms with E-state index in [0.29, 0.717) is 0 Å². The molecular weight excluding hydrogens is 350 g/mol. The molecule has 0 aliphatic carbocycles. The molecule has 3 heterocycles. The molecule has 0 amide bonds. The molecule has 6 heteroatoms. The van der Waals surface area contributed by atoms with E-state index < -0.39 is 0 Å². The molecule has 2 saturated heterocycles. The third-order valence-corrected chi connectivity index (χ3v) is 6.54. The normalized spacial score (nSPS) is 21.0. The van der Waals surface area contributed by atoms with Crippen molar-refractivity contribution in [3.8, 4) is 5.75 Å². The number of hydrogen-bond donors (Lipinski definition) is 1. The number of nitrogens with zero attached hydrogens (tertiary/aromatic N) is 4. The minimum Gasteiger partial charge on any atom is -0.497 e. The van der Waals surface area contributed by atoms with E-state index in [-0.39, 0.29) is 5.54 Å². The number of hydrogen-bond acceptors (Lipinski definition) is 6. The van der Waals surface area contributed by atoms with Gasteiger partial charge in [-0.2, -0.15) is 0 Å². The Morgan fingerprint density at radius 1 is 1.07 bits per heavy atom. The van der Waals surface area contributed by atoms with Gasteiger partial charge in [-0.15, -0.1) is 0 Å². The Labute approximate surface area is 168 Å². The van der Waals surface area contributed by atoms with Gasteiger partial charge >= 0.3 is 0 Å². The third-order valence-electron chi connectivity index (χ3n) is 6.54. The molecule has 2 fully saturated rings. The summed E-state index contributed by atoms with van der Waals surface area (Å²) in [5, 5.41) is 4.77. The van der Waals surface area contributed by atoms with E-state index >= 15 is 0 Å². The number of likely N-dealkylation sites (tertiary alicyclic amines) is 2. The molecule has 2 aromatic rings. The molecule has 1 N–H and O–H groups in total. The van der Waals surface area contributed by atoms with Crippen LogP contribution in [0.2, 0.25) is 0 Å². The van der Waals surface area contributed by atoms with Crippen LogP contribution in [0.3, 0.4) is 0 Å². The molecule has 28 heavy (non-hydrogen) atoms. The van der Waals surface area contributed by atoms with Crippen molar-refractivity contribution in [3.05, 3.63) is 24.0 Å². The summed E-state index contributed by atoms with van der Waals surface area (Å²) in [6.07, 6.45) is 6.44. The number of ether oxygens (including phenoxy) is 1. The van der Waals surface area contributed by atoms with Crippen molar-refractivity contribution >= 4 is 16.7 Å². The van der Waals surface area contributed by atoms with Gasteiger partial charge in [-0.25, -0.2) is 9.97 Å². The molecule has 1 aromatic carbocycles.